The van der Waals surface area contributed by atoms with Gasteiger partial charge in [-0.3, -0.25) is 14.5 Å². The van der Waals surface area contributed by atoms with E-state index in [1.54, 1.807) is 6.20 Å². The Morgan fingerprint density at radius 3 is 2.58 bits per heavy atom. The molecule has 0 aliphatic heterocycles. The molecule has 6 nitrogen and oxygen atoms in total. The highest BCUT2D eigenvalue weighted by Crippen LogP contribution is 2.31. The molecule has 2 aromatic heterocycles. The van der Waals surface area contributed by atoms with E-state index in [0.717, 1.165) is 22.3 Å². The summed E-state index contributed by atoms with van der Waals surface area (Å²) in [5.41, 5.74) is 11.0. The Hall–Kier alpha value is -4.03. The Labute approximate surface area is 193 Å². The molecule has 0 spiro atoms. The molecule has 0 radical (unpaired) electrons. The van der Waals surface area contributed by atoms with Crippen LogP contribution in [0.3, 0.4) is 0 Å². The Bertz CT molecular complexity index is 1180. The summed E-state index contributed by atoms with van der Waals surface area (Å²) in [4.78, 5) is 15.3. The highest BCUT2D eigenvalue weighted by molar-refractivity contribution is 5.73. The van der Waals surface area contributed by atoms with Crippen molar-refractivity contribution < 1.29 is 9.90 Å². The van der Waals surface area contributed by atoms with Crippen LogP contribution in [0.2, 0.25) is 0 Å². The summed E-state index contributed by atoms with van der Waals surface area (Å²) in [7, 11) is 0. The number of benzene rings is 2. The number of aromatic nitrogens is 3. The molecule has 6 heteroatoms. The summed E-state index contributed by atoms with van der Waals surface area (Å²) in [6.45, 7) is 0.618. The van der Waals surface area contributed by atoms with Gasteiger partial charge in [-0.15, -0.1) is 0 Å². The number of pyridine rings is 1. The second-order valence-electron chi connectivity index (χ2n) is 7.92. The SMILES string of the molecule is N[C@@H](Cc1cccc(C=CCn2cc(C(c3ccccc3)c3cccnc3)cn2)c1)C(=O)O. The molecule has 1 unspecified atom stereocenters. The normalized spacial score (nSPS) is 13.1. The maximum absolute atomic E-state index is 11.0. The molecule has 0 fully saturated rings. The maximum atomic E-state index is 11.0. The second-order valence-corrected chi connectivity index (χ2v) is 7.92. The first-order chi connectivity index (χ1) is 16.1. The van der Waals surface area contributed by atoms with Crippen molar-refractivity contribution in [2.75, 3.05) is 0 Å². The lowest BCUT2D eigenvalue weighted by molar-refractivity contribution is -0.138. The van der Waals surface area contributed by atoms with Gasteiger partial charge in [0.2, 0.25) is 0 Å². The molecule has 2 atom stereocenters. The van der Waals surface area contributed by atoms with Gasteiger partial charge < -0.3 is 10.8 Å². The number of carboxylic acid groups (broad SMARTS) is 1. The molecule has 2 heterocycles. The number of carboxylic acids is 1. The third-order valence-electron chi connectivity index (χ3n) is 5.46. The van der Waals surface area contributed by atoms with E-state index in [9.17, 15) is 4.79 Å². The standard InChI is InChI=1S/C27H26N4O2/c28-25(27(32)33)16-21-8-4-7-20(15-21)9-6-14-31-19-24(18-30-31)26(22-10-2-1-3-11-22)23-12-5-13-29-17-23/h1-13,15,17-19,25-26H,14,16,28H2,(H,32,33)/t25-,26?/m0/s1. The van der Waals surface area contributed by atoms with Gasteiger partial charge in [-0.25, -0.2) is 0 Å². The lowest BCUT2D eigenvalue weighted by atomic mass is 9.88. The molecule has 4 aromatic rings. The minimum absolute atomic E-state index is 0.0627. The highest BCUT2D eigenvalue weighted by atomic mass is 16.4. The van der Waals surface area contributed by atoms with E-state index in [-0.39, 0.29) is 5.92 Å². The summed E-state index contributed by atoms with van der Waals surface area (Å²) in [5.74, 6) is -0.932. The number of carbonyl (C=O) groups is 1. The van der Waals surface area contributed by atoms with Crippen LogP contribution < -0.4 is 5.73 Å². The third-order valence-corrected chi connectivity index (χ3v) is 5.46. The van der Waals surface area contributed by atoms with Gasteiger partial charge in [0.15, 0.2) is 0 Å². The van der Waals surface area contributed by atoms with E-state index in [0.29, 0.717) is 13.0 Å². The van der Waals surface area contributed by atoms with Gasteiger partial charge in [0.25, 0.3) is 0 Å². The van der Waals surface area contributed by atoms with Gasteiger partial charge in [-0.1, -0.05) is 72.8 Å². The van der Waals surface area contributed by atoms with Gasteiger partial charge >= 0.3 is 5.97 Å². The molecule has 0 amide bonds. The smallest absolute Gasteiger partial charge is 0.320 e. The number of nitrogens with two attached hydrogens (primary N) is 1. The summed E-state index contributed by atoms with van der Waals surface area (Å²) >= 11 is 0. The first kappa shape index (κ1) is 22.2. The largest absolute Gasteiger partial charge is 0.480 e. The van der Waals surface area contributed by atoms with Crippen LogP contribution >= 0.6 is 0 Å². The number of allylic oxidation sites excluding steroid dienone is 1. The third kappa shape index (κ3) is 5.81. The Balaban J connectivity index is 1.48. The molecule has 0 aliphatic rings. The maximum Gasteiger partial charge on any atom is 0.320 e. The van der Waals surface area contributed by atoms with E-state index in [1.165, 1.54) is 5.56 Å². The molecule has 0 aliphatic carbocycles. The minimum atomic E-state index is -0.995. The summed E-state index contributed by atoms with van der Waals surface area (Å²) in [6.07, 6.45) is 12.0. The van der Waals surface area contributed by atoms with E-state index in [4.69, 9.17) is 10.8 Å². The summed E-state index contributed by atoms with van der Waals surface area (Å²) in [6, 6.07) is 21.2. The lowest BCUT2D eigenvalue weighted by Crippen LogP contribution is -2.32. The molecule has 2 aromatic carbocycles. The number of hydrogen-bond acceptors (Lipinski definition) is 4. The van der Waals surface area contributed by atoms with Crippen molar-refractivity contribution in [2.24, 2.45) is 5.73 Å². The van der Waals surface area contributed by atoms with Crippen molar-refractivity contribution in [1.82, 2.24) is 14.8 Å². The van der Waals surface area contributed by atoms with E-state index in [1.807, 2.05) is 77.8 Å². The molecule has 0 saturated carbocycles. The van der Waals surface area contributed by atoms with Crippen LogP contribution in [0.4, 0.5) is 0 Å². The van der Waals surface area contributed by atoms with Gasteiger partial charge in [0.1, 0.15) is 6.04 Å². The van der Waals surface area contributed by atoms with Crippen molar-refractivity contribution in [3.8, 4) is 0 Å². The van der Waals surface area contributed by atoms with E-state index in [2.05, 4.69) is 34.5 Å². The van der Waals surface area contributed by atoms with Gasteiger partial charge in [0.05, 0.1) is 12.7 Å². The van der Waals surface area contributed by atoms with Crippen molar-refractivity contribution >= 4 is 12.0 Å². The number of nitrogens with zero attached hydrogens (tertiary/aromatic N) is 3. The van der Waals surface area contributed by atoms with Crippen LogP contribution in [0.25, 0.3) is 6.08 Å². The molecule has 0 bridgehead atoms. The molecule has 166 valence electrons. The minimum Gasteiger partial charge on any atom is -0.480 e. The zero-order valence-electron chi connectivity index (χ0n) is 18.2. The Morgan fingerprint density at radius 2 is 1.82 bits per heavy atom. The second kappa shape index (κ2) is 10.5. The topological polar surface area (TPSA) is 94.0 Å². The number of hydrogen-bond donors (Lipinski definition) is 2. The first-order valence-electron chi connectivity index (χ1n) is 10.8. The van der Waals surface area contributed by atoms with Gasteiger partial charge in [-0.05, 0) is 34.7 Å². The Kier molecular flexibility index (Phi) is 7.07. The fourth-order valence-electron chi connectivity index (χ4n) is 3.86. The molecule has 3 N–H and O–H groups in total. The Morgan fingerprint density at radius 1 is 1.00 bits per heavy atom. The van der Waals surface area contributed by atoms with Gasteiger partial charge in [0, 0.05) is 30.1 Å². The average molecular weight is 439 g/mol. The van der Waals surface area contributed by atoms with Crippen LogP contribution in [0.1, 0.15) is 33.7 Å². The zero-order chi connectivity index (χ0) is 23.0. The average Bonchev–Trinajstić information content (AvgIpc) is 3.29. The molecular formula is C27H26N4O2. The monoisotopic (exact) mass is 438 g/mol. The van der Waals surface area contributed by atoms with Crippen LogP contribution in [-0.2, 0) is 17.8 Å². The van der Waals surface area contributed by atoms with Crippen LogP contribution in [0, 0.1) is 0 Å². The van der Waals surface area contributed by atoms with Gasteiger partial charge in [-0.2, -0.15) is 5.10 Å². The van der Waals surface area contributed by atoms with Crippen LogP contribution in [0.5, 0.6) is 0 Å². The quantitative estimate of drug-likeness (QED) is 0.410. The molecule has 4 rings (SSSR count). The summed E-state index contributed by atoms with van der Waals surface area (Å²) in [5, 5.41) is 13.6. The predicted octanol–water partition coefficient (Wildman–Crippen LogP) is 4.13. The van der Waals surface area contributed by atoms with Crippen molar-refractivity contribution in [1.29, 1.82) is 0 Å². The highest BCUT2D eigenvalue weighted by Gasteiger charge is 2.18. The molecular weight excluding hydrogens is 412 g/mol. The molecule has 0 saturated heterocycles. The zero-order valence-corrected chi connectivity index (χ0v) is 18.2. The lowest BCUT2D eigenvalue weighted by Gasteiger charge is -2.16. The van der Waals surface area contributed by atoms with Crippen LogP contribution in [0.15, 0.2) is 97.6 Å². The van der Waals surface area contributed by atoms with E-state index >= 15 is 0 Å². The van der Waals surface area contributed by atoms with Crippen LogP contribution in [-0.4, -0.2) is 31.9 Å². The fraction of sp³-hybridized carbons (Fsp3) is 0.148. The summed E-state index contributed by atoms with van der Waals surface area (Å²) < 4.78 is 1.91. The van der Waals surface area contributed by atoms with E-state index < -0.39 is 12.0 Å². The predicted molar refractivity (Wildman–Crippen MR) is 129 cm³/mol. The van der Waals surface area contributed by atoms with Crippen molar-refractivity contribution in [2.45, 2.75) is 24.9 Å². The van der Waals surface area contributed by atoms with Crippen molar-refractivity contribution in [3.05, 3.63) is 125 Å². The van der Waals surface area contributed by atoms with Crippen molar-refractivity contribution in [3.63, 3.8) is 0 Å². The number of aliphatic carboxylic acids is 1. The number of rotatable bonds is 9. The molecule has 33 heavy (non-hydrogen) atoms. The fourth-order valence-corrected chi connectivity index (χ4v) is 3.86. The first-order valence-corrected chi connectivity index (χ1v) is 10.8.